The summed E-state index contributed by atoms with van der Waals surface area (Å²) in [5, 5.41) is 11.9. The van der Waals surface area contributed by atoms with E-state index in [0.29, 0.717) is 11.7 Å². The van der Waals surface area contributed by atoms with Gasteiger partial charge in [-0.25, -0.2) is 0 Å². The van der Waals surface area contributed by atoms with Crippen molar-refractivity contribution in [1.82, 2.24) is 0 Å². The molecule has 2 aliphatic rings. The van der Waals surface area contributed by atoms with E-state index in [1.165, 1.54) is 42.5 Å². The summed E-state index contributed by atoms with van der Waals surface area (Å²) in [7, 11) is 0. The summed E-state index contributed by atoms with van der Waals surface area (Å²) in [6.45, 7) is 13.0. The lowest BCUT2D eigenvalue weighted by molar-refractivity contribution is 0.00734. The first-order valence-electron chi connectivity index (χ1n) is 15.8. The van der Waals surface area contributed by atoms with Crippen LogP contribution in [0.3, 0.4) is 0 Å². The molecule has 3 heteroatoms. The van der Waals surface area contributed by atoms with Gasteiger partial charge in [-0.05, 0) is 62.3 Å². The van der Waals surface area contributed by atoms with Crippen molar-refractivity contribution in [2.24, 2.45) is 5.92 Å². The largest absolute Gasteiger partial charge is 0.507 e. The van der Waals surface area contributed by atoms with E-state index < -0.39 is 0 Å². The van der Waals surface area contributed by atoms with Crippen molar-refractivity contribution in [3.8, 4) is 11.5 Å². The fraction of sp³-hybridized carbons (Fsp3) is 0.474. The molecule has 3 aromatic rings. The molecule has 3 nitrogen and oxygen atoms in total. The van der Waals surface area contributed by atoms with Gasteiger partial charge >= 0.3 is 0 Å². The average molecular weight is 552 g/mol. The number of hydrogen-bond acceptors (Lipinski definition) is 3. The number of phenols is 1. The molecule has 0 amide bonds. The van der Waals surface area contributed by atoms with E-state index in [1.807, 2.05) is 0 Å². The molecule has 0 spiro atoms. The van der Waals surface area contributed by atoms with Crippen molar-refractivity contribution in [2.75, 3.05) is 11.4 Å². The second-order valence-corrected chi connectivity index (χ2v) is 13.5. The van der Waals surface area contributed by atoms with E-state index in [4.69, 9.17) is 4.74 Å². The highest BCUT2D eigenvalue weighted by molar-refractivity contribution is 5.56. The van der Waals surface area contributed by atoms with Crippen LogP contribution in [0.25, 0.3) is 0 Å². The van der Waals surface area contributed by atoms with Crippen LogP contribution in [-0.4, -0.2) is 17.3 Å². The summed E-state index contributed by atoms with van der Waals surface area (Å²) in [6.07, 6.45) is 10.4. The number of fused-ring (bicyclic) bond motifs is 3. The number of phenolic OH excluding ortho intramolecular Hbond substituents is 1. The highest BCUT2D eigenvalue weighted by Crippen LogP contribution is 2.56. The second kappa shape index (κ2) is 12.3. The first-order chi connectivity index (χ1) is 19.7. The van der Waals surface area contributed by atoms with Crippen molar-refractivity contribution in [2.45, 2.75) is 103 Å². The maximum Gasteiger partial charge on any atom is 0.127 e. The van der Waals surface area contributed by atoms with Crippen molar-refractivity contribution in [3.63, 3.8) is 0 Å². The Hall–Kier alpha value is -3.20. The number of allylic oxidation sites excluding steroid dienone is 1. The number of para-hydroxylation sites is 1. The standard InChI is InChI=1S/C38H49NO2/c1-6-7-8-15-24-37(2,3)33-22-23-34-35(36(33)40)31-25-29(20-21-32(31)38(4,5)41-34)27-39(30-18-13-10-14-19-30)26-28-16-11-9-12-17-28/h9-14,16-20,22-23,31-32,40H,6-8,15,21,24-27H2,1-5H3/t31-,32-/m0/s1. The molecule has 2 atom stereocenters. The summed E-state index contributed by atoms with van der Waals surface area (Å²) < 4.78 is 6.62. The summed E-state index contributed by atoms with van der Waals surface area (Å²) in [5.41, 5.74) is 5.73. The number of hydrogen-bond donors (Lipinski definition) is 1. The summed E-state index contributed by atoms with van der Waals surface area (Å²) >= 11 is 0. The minimum Gasteiger partial charge on any atom is -0.507 e. The number of aromatic hydroxyl groups is 1. The van der Waals surface area contributed by atoms with Gasteiger partial charge in [0, 0.05) is 41.7 Å². The van der Waals surface area contributed by atoms with Crippen LogP contribution in [0.15, 0.2) is 84.4 Å². The van der Waals surface area contributed by atoms with Crippen LogP contribution < -0.4 is 9.64 Å². The van der Waals surface area contributed by atoms with Crippen molar-refractivity contribution >= 4 is 5.69 Å². The highest BCUT2D eigenvalue weighted by Gasteiger charge is 2.47. The minimum absolute atomic E-state index is 0.0809. The van der Waals surface area contributed by atoms with Crippen LogP contribution in [-0.2, 0) is 12.0 Å². The third-order valence-corrected chi connectivity index (χ3v) is 9.56. The monoisotopic (exact) mass is 551 g/mol. The Morgan fingerprint density at radius 3 is 2.32 bits per heavy atom. The molecule has 1 N–H and O–H groups in total. The third kappa shape index (κ3) is 6.50. The predicted molar refractivity (Wildman–Crippen MR) is 172 cm³/mol. The number of ether oxygens (including phenoxy) is 1. The van der Waals surface area contributed by atoms with Crippen molar-refractivity contribution in [3.05, 3.63) is 101 Å². The first kappa shape index (κ1) is 29.3. The molecule has 0 bridgehead atoms. The fourth-order valence-corrected chi connectivity index (χ4v) is 7.16. The maximum absolute atomic E-state index is 11.9. The molecule has 0 aromatic heterocycles. The number of anilines is 1. The number of unbranched alkanes of at least 4 members (excludes halogenated alkanes) is 3. The Kier molecular flexibility index (Phi) is 8.82. The Labute approximate surface area is 248 Å². The zero-order chi connectivity index (χ0) is 29.0. The Balaban J connectivity index is 1.44. The molecule has 5 rings (SSSR count). The van der Waals surface area contributed by atoms with Crippen LogP contribution in [0.4, 0.5) is 5.69 Å². The Bertz CT molecular complexity index is 1330. The highest BCUT2D eigenvalue weighted by atomic mass is 16.5. The molecular weight excluding hydrogens is 502 g/mol. The van der Waals surface area contributed by atoms with E-state index in [1.54, 1.807) is 0 Å². The van der Waals surface area contributed by atoms with Crippen LogP contribution in [0.5, 0.6) is 11.5 Å². The molecule has 0 fully saturated rings. The van der Waals surface area contributed by atoms with E-state index >= 15 is 0 Å². The second-order valence-electron chi connectivity index (χ2n) is 13.5. The van der Waals surface area contributed by atoms with E-state index in [9.17, 15) is 5.11 Å². The molecule has 3 aromatic carbocycles. The number of rotatable bonds is 11. The summed E-state index contributed by atoms with van der Waals surface area (Å²) in [5.74, 6) is 1.90. The SMILES string of the molecule is CCCCCCC(C)(C)c1ccc2c(c1O)[C@H]1CC(CN(Cc3ccccc3)c3ccccc3)=CC[C@@H]1C(C)(C)O2. The van der Waals surface area contributed by atoms with Gasteiger partial charge in [0.05, 0.1) is 0 Å². The zero-order valence-electron chi connectivity index (χ0n) is 25.8. The van der Waals surface area contributed by atoms with E-state index in [0.717, 1.165) is 49.2 Å². The Morgan fingerprint density at radius 2 is 1.61 bits per heavy atom. The molecule has 1 aliphatic carbocycles. The zero-order valence-corrected chi connectivity index (χ0v) is 25.8. The topological polar surface area (TPSA) is 32.7 Å². The molecule has 41 heavy (non-hydrogen) atoms. The molecule has 0 radical (unpaired) electrons. The van der Waals surface area contributed by atoms with Gasteiger partial charge in [-0.1, -0.05) is 113 Å². The van der Waals surface area contributed by atoms with Crippen LogP contribution in [0, 0.1) is 5.92 Å². The third-order valence-electron chi connectivity index (χ3n) is 9.56. The maximum atomic E-state index is 11.9. The fourth-order valence-electron chi connectivity index (χ4n) is 7.16. The van der Waals surface area contributed by atoms with Gasteiger partial charge in [-0.3, -0.25) is 0 Å². The number of nitrogens with zero attached hydrogens (tertiary/aromatic N) is 1. The summed E-state index contributed by atoms with van der Waals surface area (Å²) in [4.78, 5) is 2.49. The van der Waals surface area contributed by atoms with Gasteiger partial charge in [-0.15, -0.1) is 0 Å². The van der Waals surface area contributed by atoms with Crippen LogP contribution >= 0.6 is 0 Å². The van der Waals surface area contributed by atoms with Crippen molar-refractivity contribution in [1.29, 1.82) is 0 Å². The van der Waals surface area contributed by atoms with Gasteiger partial charge in [0.25, 0.3) is 0 Å². The molecule has 0 unspecified atom stereocenters. The van der Waals surface area contributed by atoms with Gasteiger partial charge in [0.15, 0.2) is 0 Å². The van der Waals surface area contributed by atoms with Gasteiger partial charge in [0.1, 0.15) is 17.1 Å². The molecule has 1 heterocycles. The smallest absolute Gasteiger partial charge is 0.127 e. The first-order valence-corrected chi connectivity index (χ1v) is 15.8. The normalized spacial score (nSPS) is 19.5. The predicted octanol–water partition coefficient (Wildman–Crippen LogP) is 9.94. The Morgan fingerprint density at radius 1 is 0.902 bits per heavy atom. The minimum atomic E-state index is -0.285. The van der Waals surface area contributed by atoms with Gasteiger partial charge in [-0.2, -0.15) is 0 Å². The number of benzene rings is 3. The molecule has 218 valence electrons. The average Bonchev–Trinajstić information content (AvgIpc) is 2.95. The van der Waals surface area contributed by atoms with Crippen molar-refractivity contribution < 1.29 is 9.84 Å². The molecule has 0 saturated carbocycles. The molecule has 0 saturated heterocycles. The summed E-state index contributed by atoms with van der Waals surface area (Å²) in [6, 6.07) is 25.8. The quantitative estimate of drug-likeness (QED) is 0.190. The van der Waals surface area contributed by atoms with E-state index in [2.05, 4.69) is 118 Å². The lowest BCUT2D eigenvalue weighted by atomic mass is 9.66. The molecular formula is C38H49NO2. The molecule has 1 aliphatic heterocycles. The van der Waals surface area contributed by atoms with Gasteiger partial charge in [0.2, 0.25) is 0 Å². The van der Waals surface area contributed by atoms with Gasteiger partial charge < -0.3 is 14.7 Å². The van der Waals surface area contributed by atoms with Crippen LogP contribution in [0.2, 0.25) is 0 Å². The van der Waals surface area contributed by atoms with Crippen LogP contribution in [0.1, 0.15) is 102 Å². The van der Waals surface area contributed by atoms with E-state index in [-0.39, 0.29) is 16.9 Å². The lowest BCUT2D eigenvalue weighted by Gasteiger charge is -2.48. The lowest BCUT2D eigenvalue weighted by Crippen LogP contribution is -2.46.